The molecule has 214 valence electrons. The van der Waals surface area contributed by atoms with Crippen LogP contribution in [0, 0.1) is 11.3 Å². The fourth-order valence-corrected chi connectivity index (χ4v) is 6.01. The van der Waals surface area contributed by atoms with Gasteiger partial charge in [-0.1, -0.05) is 49.2 Å². The molecule has 1 saturated carbocycles. The van der Waals surface area contributed by atoms with E-state index in [1.54, 1.807) is 6.07 Å². The lowest BCUT2D eigenvalue weighted by atomic mass is 9.82. The molecule has 41 heavy (non-hydrogen) atoms. The van der Waals surface area contributed by atoms with Gasteiger partial charge in [0, 0.05) is 24.8 Å². The monoisotopic (exact) mass is 563 g/mol. The van der Waals surface area contributed by atoms with Gasteiger partial charge in [-0.25, -0.2) is 0 Å². The molecule has 6 nitrogen and oxygen atoms in total. The number of nitriles is 1. The highest BCUT2D eigenvalue weighted by atomic mass is 19.4. The number of piperidine rings is 1. The largest absolute Gasteiger partial charge is 0.507 e. The fraction of sp³-hybridized carbons (Fsp3) is 0.375. The van der Waals surface area contributed by atoms with Crippen LogP contribution in [-0.4, -0.2) is 41.7 Å². The smallest absolute Gasteiger partial charge is 0.420 e. The topological polar surface area (TPSA) is 85.6 Å². The molecule has 3 aromatic rings. The third kappa shape index (κ3) is 6.55. The van der Waals surface area contributed by atoms with Crippen molar-refractivity contribution < 1.29 is 27.8 Å². The summed E-state index contributed by atoms with van der Waals surface area (Å²) in [7, 11) is 0. The number of hydrogen-bond donors (Lipinski definition) is 2. The van der Waals surface area contributed by atoms with Gasteiger partial charge in [0.1, 0.15) is 12.4 Å². The summed E-state index contributed by atoms with van der Waals surface area (Å²) in [6.45, 7) is 1.31. The number of aromatic hydroxyl groups is 1. The molecule has 0 bridgehead atoms. The van der Waals surface area contributed by atoms with Gasteiger partial charge in [-0.2, -0.15) is 18.4 Å². The van der Waals surface area contributed by atoms with Crippen molar-refractivity contribution in [3.8, 4) is 22.9 Å². The summed E-state index contributed by atoms with van der Waals surface area (Å²) in [6.07, 6.45) is 1.48. The summed E-state index contributed by atoms with van der Waals surface area (Å²) in [5.41, 5.74) is 1.37. The molecule has 1 saturated heterocycles. The predicted octanol–water partition coefficient (Wildman–Crippen LogP) is 6.84. The molecule has 1 aliphatic carbocycles. The third-order valence-corrected chi connectivity index (χ3v) is 8.25. The van der Waals surface area contributed by atoms with Crippen molar-refractivity contribution in [1.29, 1.82) is 5.26 Å². The van der Waals surface area contributed by atoms with Crippen LogP contribution >= 0.6 is 0 Å². The van der Waals surface area contributed by atoms with Gasteiger partial charge in [-0.3, -0.25) is 4.79 Å². The lowest BCUT2D eigenvalue weighted by Crippen LogP contribution is -2.48. The number of hydrogen-bond acceptors (Lipinski definition) is 5. The Morgan fingerprint density at radius 2 is 1.73 bits per heavy atom. The zero-order chi connectivity index (χ0) is 29.0. The van der Waals surface area contributed by atoms with Crippen LogP contribution in [0.15, 0.2) is 66.7 Å². The molecule has 0 aromatic heterocycles. The van der Waals surface area contributed by atoms with Crippen LogP contribution in [-0.2, 0) is 21.3 Å². The van der Waals surface area contributed by atoms with E-state index in [2.05, 4.69) is 16.3 Å². The van der Waals surface area contributed by atoms with E-state index in [0.717, 1.165) is 35.8 Å². The first-order valence-corrected chi connectivity index (χ1v) is 13.9. The Morgan fingerprint density at radius 3 is 2.39 bits per heavy atom. The number of rotatable bonds is 7. The van der Waals surface area contributed by atoms with Gasteiger partial charge in [0.25, 0.3) is 0 Å². The summed E-state index contributed by atoms with van der Waals surface area (Å²) in [5.74, 6) is -1.48. The number of halogens is 3. The number of carbonyl (C=O) groups is 1. The highest BCUT2D eigenvalue weighted by Gasteiger charge is 2.40. The number of nitrogens with one attached hydrogen (secondary N) is 1. The van der Waals surface area contributed by atoms with Crippen molar-refractivity contribution in [2.24, 2.45) is 0 Å². The van der Waals surface area contributed by atoms with E-state index in [4.69, 9.17) is 4.74 Å². The maximum absolute atomic E-state index is 13.2. The maximum atomic E-state index is 13.2. The molecule has 1 heterocycles. The summed E-state index contributed by atoms with van der Waals surface area (Å²) < 4.78 is 45.9. The Labute approximate surface area is 237 Å². The molecule has 0 unspecified atom stereocenters. The van der Waals surface area contributed by atoms with Crippen LogP contribution in [0.5, 0.6) is 5.75 Å². The minimum Gasteiger partial charge on any atom is -0.507 e. The SMILES string of the molecule is N#Cc1cccc(-c2ccc(C3(OCC(=O)Nc4ccc(O)c(C(F)(F)F)c4)CCN(C4CCCC4)CC3)cc2)c1. The van der Waals surface area contributed by atoms with E-state index in [-0.39, 0.29) is 12.3 Å². The van der Waals surface area contributed by atoms with Gasteiger partial charge in [-0.05, 0) is 72.7 Å². The quantitative estimate of drug-likeness (QED) is 0.308. The zero-order valence-corrected chi connectivity index (χ0v) is 22.6. The highest BCUT2D eigenvalue weighted by molar-refractivity contribution is 5.92. The lowest BCUT2D eigenvalue weighted by molar-refractivity contribution is -0.139. The van der Waals surface area contributed by atoms with Crippen LogP contribution in [0.2, 0.25) is 0 Å². The first kappa shape index (κ1) is 28.7. The zero-order valence-electron chi connectivity index (χ0n) is 22.6. The van der Waals surface area contributed by atoms with Crippen LogP contribution in [0.1, 0.15) is 55.2 Å². The molecule has 5 rings (SSSR count). The fourth-order valence-electron chi connectivity index (χ4n) is 6.01. The van der Waals surface area contributed by atoms with Crippen LogP contribution in [0.3, 0.4) is 0 Å². The molecular weight excluding hydrogens is 531 g/mol. The number of ether oxygens (including phenoxy) is 1. The minimum absolute atomic E-state index is 0.0715. The summed E-state index contributed by atoms with van der Waals surface area (Å²) in [6, 6.07) is 20.9. The molecular formula is C32H32F3N3O3. The molecule has 3 aromatic carbocycles. The molecule has 0 radical (unpaired) electrons. The van der Waals surface area contributed by atoms with Gasteiger partial charge in [0.15, 0.2) is 0 Å². The average molecular weight is 564 g/mol. The van der Waals surface area contributed by atoms with Crippen LogP contribution in [0.25, 0.3) is 11.1 Å². The van der Waals surface area contributed by atoms with Crippen molar-refractivity contribution in [3.63, 3.8) is 0 Å². The maximum Gasteiger partial charge on any atom is 0.420 e. The summed E-state index contributed by atoms with van der Waals surface area (Å²) >= 11 is 0. The summed E-state index contributed by atoms with van der Waals surface area (Å²) in [5, 5.41) is 21.3. The number of anilines is 1. The normalized spacial score (nSPS) is 17.7. The number of likely N-dealkylation sites (tertiary alicyclic amines) is 1. The second kappa shape index (κ2) is 11.9. The van der Waals surface area contributed by atoms with Crippen molar-refractivity contribution in [2.45, 2.75) is 56.3 Å². The van der Waals surface area contributed by atoms with Gasteiger partial charge in [-0.15, -0.1) is 0 Å². The molecule has 1 aliphatic heterocycles. The first-order valence-electron chi connectivity index (χ1n) is 13.9. The highest BCUT2D eigenvalue weighted by Crippen LogP contribution is 2.40. The number of benzene rings is 3. The van der Waals surface area contributed by atoms with E-state index >= 15 is 0 Å². The van der Waals surface area contributed by atoms with Crippen molar-refractivity contribution in [1.82, 2.24) is 4.90 Å². The van der Waals surface area contributed by atoms with Crippen LogP contribution in [0.4, 0.5) is 18.9 Å². The van der Waals surface area contributed by atoms with Crippen molar-refractivity contribution in [3.05, 3.63) is 83.4 Å². The molecule has 0 spiro atoms. The van der Waals surface area contributed by atoms with Gasteiger partial charge < -0.3 is 20.1 Å². The van der Waals surface area contributed by atoms with Crippen molar-refractivity contribution in [2.75, 3.05) is 25.0 Å². The molecule has 9 heteroatoms. The van der Waals surface area contributed by atoms with E-state index in [0.29, 0.717) is 30.5 Å². The molecule has 2 aliphatic rings. The Bertz CT molecular complexity index is 1420. The second-order valence-corrected chi connectivity index (χ2v) is 10.8. The van der Waals surface area contributed by atoms with Crippen molar-refractivity contribution >= 4 is 11.6 Å². The number of amides is 1. The first-order chi connectivity index (χ1) is 19.7. The number of carbonyl (C=O) groups excluding carboxylic acids is 1. The Balaban J connectivity index is 1.33. The number of phenolic OH excluding ortho intramolecular Hbond substituents is 1. The molecule has 2 fully saturated rings. The minimum atomic E-state index is -4.75. The molecule has 0 atom stereocenters. The number of nitrogens with zero attached hydrogens (tertiary/aromatic N) is 2. The Kier molecular flexibility index (Phi) is 8.34. The molecule has 2 N–H and O–H groups in total. The predicted molar refractivity (Wildman–Crippen MR) is 149 cm³/mol. The van der Waals surface area contributed by atoms with E-state index < -0.39 is 29.0 Å². The number of alkyl halides is 3. The standard InChI is InChI=1S/C32H32F3N3O3/c33-32(34,35)28-19-26(12-13-29(28)39)37-30(40)21-41-31(14-16-38(17-15-31)27-6-1-2-7-27)25-10-8-23(9-11-25)24-5-3-4-22(18-24)20-36/h3-5,8-13,18-19,27,39H,1-2,6-7,14-17,21H2,(H,37,40). The Morgan fingerprint density at radius 1 is 1.02 bits per heavy atom. The molecule has 1 amide bonds. The Hall–Kier alpha value is -3.87. The van der Waals surface area contributed by atoms with E-state index in [1.807, 2.05) is 42.5 Å². The third-order valence-electron chi connectivity index (χ3n) is 8.25. The average Bonchev–Trinajstić information content (AvgIpc) is 3.52. The van der Waals surface area contributed by atoms with Crippen LogP contribution < -0.4 is 5.32 Å². The van der Waals surface area contributed by atoms with E-state index in [9.17, 15) is 28.3 Å². The summed E-state index contributed by atoms with van der Waals surface area (Å²) in [4.78, 5) is 15.3. The van der Waals surface area contributed by atoms with E-state index in [1.165, 1.54) is 31.7 Å². The van der Waals surface area contributed by atoms with Gasteiger partial charge in [0.05, 0.1) is 22.8 Å². The number of phenols is 1. The lowest BCUT2D eigenvalue weighted by Gasteiger charge is -2.44. The van der Waals surface area contributed by atoms with Gasteiger partial charge in [0.2, 0.25) is 5.91 Å². The van der Waals surface area contributed by atoms with Gasteiger partial charge >= 0.3 is 6.18 Å². The second-order valence-electron chi connectivity index (χ2n) is 10.8.